The molecule has 0 N–H and O–H groups in total. The molecule has 3 atom stereocenters. The predicted octanol–water partition coefficient (Wildman–Crippen LogP) is 17.7. The van der Waals surface area contributed by atoms with Crippen molar-refractivity contribution in [1.82, 2.24) is 0 Å². The van der Waals surface area contributed by atoms with E-state index in [0.29, 0.717) is 0 Å². The third kappa shape index (κ3) is 9.61. The van der Waals surface area contributed by atoms with Crippen molar-refractivity contribution in [3.8, 4) is 0 Å². The third-order valence-corrected chi connectivity index (χ3v) is 15.5. The second-order valence-electron chi connectivity index (χ2n) is 18.0. The first-order chi connectivity index (χ1) is 34.6. The quantitative estimate of drug-likeness (QED) is 0.0672. The summed E-state index contributed by atoms with van der Waals surface area (Å²) in [6.07, 6.45) is 2.27. The Morgan fingerprint density at radius 1 is 0.257 bits per heavy atom. The van der Waals surface area contributed by atoms with E-state index in [1.807, 2.05) is 0 Å². The van der Waals surface area contributed by atoms with E-state index in [1.54, 1.807) is 0 Å². The molecule has 3 unspecified atom stereocenters. The molecule has 0 aliphatic carbocycles. The van der Waals surface area contributed by atoms with Gasteiger partial charge in [-0.3, -0.25) is 13.6 Å². The molecule has 3 nitrogen and oxygen atoms in total. The summed E-state index contributed by atoms with van der Waals surface area (Å²) >= 11 is 0. The Kier molecular flexibility index (Phi) is 15.7. The summed E-state index contributed by atoms with van der Waals surface area (Å²) in [5, 5.41) is 0. The molecule has 0 amide bonds. The summed E-state index contributed by atoms with van der Waals surface area (Å²) in [5.41, 5.74) is 6.15. The van der Waals surface area contributed by atoms with Gasteiger partial charge in [-0.15, -0.1) is 0 Å². The molecule has 0 spiro atoms. The molecule has 0 aliphatic heterocycles. The van der Waals surface area contributed by atoms with Gasteiger partial charge in [0.05, 0.1) is 0 Å². The van der Waals surface area contributed by atoms with Gasteiger partial charge >= 0.3 is 8.60 Å². The minimum Gasteiger partial charge on any atom is -0.295 e. The van der Waals surface area contributed by atoms with Gasteiger partial charge in [0.1, 0.15) is 16.8 Å². The number of hydrogen-bond acceptors (Lipinski definition) is 3. The van der Waals surface area contributed by atoms with Crippen molar-refractivity contribution in [1.29, 1.82) is 0 Å². The minimum atomic E-state index is -2.45. The lowest BCUT2D eigenvalue weighted by atomic mass is 9.72. The van der Waals surface area contributed by atoms with Gasteiger partial charge in [-0.25, -0.2) is 0 Å². The molecule has 0 saturated carbocycles. The summed E-state index contributed by atoms with van der Waals surface area (Å²) in [4.78, 5) is 0. The van der Waals surface area contributed by atoms with Crippen molar-refractivity contribution in [2.45, 2.75) is 74.6 Å². The van der Waals surface area contributed by atoms with Crippen LogP contribution in [0.2, 0.25) is 0 Å². The first kappa shape index (κ1) is 48.3. The predicted molar refractivity (Wildman–Crippen MR) is 290 cm³/mol. The standard InChI is InChI=1S/C66H63O3P/c1-4-61(52-34-16-7-17-35-52)64(55-40-22-10-23-41-55,56-42-24-11-25-43-56)67-70(68-65(57-44-26-12-27-45-57,58-46-28-13-29-47-58)62(5-2)53-36-18-8-19-37-53)69-66(59-48-30-14-31-49-59,60-50-32-15-33-51-60)63(6-3)54-38-20-9-21-39-54/h7-51,61-63H,4-6H2,1-3H3. The van der Waals surface area contributed by atoms with E-state index in [-0.39, 0.29) is 17.8 Å². The molecule has 0 aliphatic rings. The van der Waals surface area contributed by atoms with Crippen molar-refractivity contribution in [3.05, 3.63) is 323 Å². The lowest BCUT2D eigenvalue weighted by molar-refractivity contribution is -0.0406. The second-order valence-corrected chi connectivity index (χ2v) is 19.0. The highest BCUT2D eigenvalue weighted by molar-refractivity contribution is 7.41. The fourth-order valence-electron chi connectivity index (χ4n) is 11.1. The zero-order valence-electron chi connectivity index (χ0n) is 40.5. The second kappa shape index (κ2) is 22.8. The summed E-state index contributed by atoms with van der Waals surface area (Å²) in [7, 11) is -2.45. The van der Waals surface area contributed by atoms with Crippen LogP contribution in [0.15, 0.2) is 273 Å². The molecular formula is C66H63O3P. The summed E-state index contributed by atoms with van der Waals surface area (Å²) in [6, 6.07) is 97.1. The van der Waals surface area contributed by atoms with Crippen LogP contribution in [0.3, 0.4) is 0 Å². The number of benzene rings is 9. The van der Waals surface area contributed by atoms with Crippen molar-refractivity contribution >= 4 is 8.60 Å². The van der Waals surface area contributed by atoms with Crippen molar-refractivity contribution in [2.75, 3.05) is 0 Å². The highest BCUT2D eigenvalue weighted by atomic mass is 31.2. The topological polar surface area (TPSA) is 27.7 Å². The van der Waals surface area contributed by atoms with Gasteiger partial charge in [0.2, 0.25) is 0 Å². The Labute approximate surface area is 417 Å². The van der Waals surface area contributed by atoms with E-state index in [4.69, 9.17) is 13.6 Å². The average Bonchev–Trinajstić information content (AvgIpc) is 3.45. The molecule has 9 aromatic rings. The van der Waals surface area contributed by atoms with Gasteiger partial charge in [-0.1, -0.05) is 294 Å². The monoisotopic (exact) mass is 934 g/mol. The largest absolute Gasteiger partial charge is 0.336 e. The fraction of sp³-hybridized carbons (Fsp3) is 0.182. The van der Waals surface area contributed by atoms with Crippen LogP contribution in [0, 0.1) is 0 Å². The molecule has 4 heteroatoms. The molecular weight excluding hydrogens is 872 g/mol. The van der Waals surface area contributed by atoms with Crippen LogP contribution in [-0.2, 0) is 30.4 Å². The average molecular weight is 935 g/mol. The maximum absolute atomic E-state index is 8.50. The highest BCUT2D eigenvalue weighted by Crippen LogP contribution is 2.66. The van der Waals surface area contributed by atoms with Gasteiger partial charge in [0.25, 0.3) is 0 Å². The van der Waals surface area contributed by atoms with Crippen molar-refractivity contribution in [2.24, 2.45) is 0 Å². The first-order valence-electron chi connectivity index (χ1n) is 24.9. The van der Waals surface area contributed by atoms with E-state index in [1.165, 1.54) is 0 Å². The van der Waals surface area contributed by atoms with Gasteiger partial charge in [0.15, 0.2) is 0 Å². The summed E-state index contributed by atoms with van der Waals surface area (Å²) < 4.78 is 25.5. The maximum Gasteiger partial charge on any atom is 0.336 e. The van der Waals surface area contributed by atoms with Gasteiger partial charge in [-0.2, -0.15) is 0 Å². The van der Waals surface area contributed by atoms with Crippen LogP contribution in [0.1, 0.15) is 108 Å². The molecule has 0 heterocycles. The summed E-state index contributed by atoms with van der Waals surface area (Å²) in [6.45, 7) is 6.81. The smallest absolute Gasteiger partial charge is 0.295 e. The zero-order valence-corrected chi connectivity index (χ0v) is 41.4. The minimum absolute atomic E-state index is 0.186. The Morgan fingerprint density at radius 3 is 0.571 bits per heavy atom. The molecule has 9 aromatic carbocycles. The third-order valence-electron chi connectivity index (χ3n) is 14.2. The SMILES string of the molecule is CCC(c1ccccc1)C(OP(OC(c1ccccc1)(c1ccccc1)C(CC)c1ccccc1)OC(c1ccccc1)(c1ccccc1)C(CC)c1ccccc1)(c1ccccc1)c1ccccc1. The van der Waals surface area contributed by atoms with Crippen LogP contribution in [0.5, 0.6) is 0 Å². The van der Waals surface area contributed by atoms with Gasteiger partial charge < -0.3 is 0 Å². The molecule has 0 aromatic heterocycles. The summed E-state index contributed by atoms with van der Waals surface area (Å²) in [5.74, 6) is -0.559. The van der Waals surface area contributed by atoms with Crippen LogP contribution < -0.4 is 0 Å². The number of hydrogen-bond donors (Lipinski definition) is 0. The number of rotatable bonds is 21. The lowest BCUT2D eigenvalue weighted by Gasteiger charge is -2.50. The normalized spacial score (nSPS) is 13.8. The fourth-order valence-corrected chi connectivity index (χ4v) is 12.9. The van der Waals surface area contributed by atoms with Crippen molar-refractivity contribution < 1.29 is 13.6 Å². The lowest BCUT2D eigenvalue weighted by Crippen LogP contribution is -2.43. The Bertz CT molecular complexity index is 2460. The van der Waals surface area contributed by atoms with Crippen LogP contribution >= 0.6 is 8.60 Å². The van der Waals surface area contributed by atoms with E-state index in [9.17, 15) is 0 Å². The van der Waals surface area contributed by atoms with Gasteiger partial charge in [-0.05, 0) is 69.3 Å². The van der Waals surface area contributed by atoms with E-state index in [0.717, 1.165) is 69.3 Å². The molecule has 70 heavy (non-hydrogen) atoms. The highest BCUT2D eigenvalue weighted by Gasteiger charge is 2.55. The van der Waals surface area contributed by atoms with Crippen LogP contribution in [0.4, 0.5) is 0 Å². The Morgan fingerprint density at radius 2 is 0.414 bits per heavy atom. The molecule has 350 valence electrons. The Balaban J connectivity index is 1.42. The van der Waals surface area contributed by atoms with E-state index in [2.05, 4.69) is 294 Å². The first-order valence-corrected chi connectivity index (χ1v) is 26.0. The van der Waals surface area contributed by atoms with Crippen molar-refractivity contribution in [3.63, 3.8) is 0 Å². The van der Waals surface area contributed by atoms with E-state index < -0.39 is 25.4 Å². The van der Waals surface area contributed by atoms with Crippen LogP contribution in [0.25, 0.3) is 0 Å². The molecule has 0 fully saturated rings. The Hall–Kier alpha value is -6.71. The van der Waals surface area contributed by atoms with Gasteiger partial charge in [0, 0.05) is 17.8 Å². The van der Waals surface area contributed by atoms with Crippen LogP contribution in [-0.4, -0.2) is 0 Å². The maximum atomic E-state index is 8.50. The molecule has 9 rings (SSSR count). The van der Waals surface area contributed by atoms with E-state index >= 15 is 0 Å². The molecule has 0 radical (unpaired) electrons. The zero-order chi connectivity index (χ0) is 48.1. The molecule has 0 bridgehead atoms. The molecule has 0 saturated heterocycles.